The van der Waals surface area contributed by atoms with Gasteiger partial charge in [-0.1, -0.05) is 35.5 Å². The van der Waals surface area contributed by atoms with E-state index in [0.717, 1.165) is 32.2 Å². The van der Waals surface area contributed by atoms with Crippen molar-refractivity contribution in [2.45, 2.75) is 45.1 Å². The maximum Gasteiger partial charge on any atom is 0.249 e. The summed E-state index contributed by atoms with van der Waals surface area (Å²) in [5, 5.41) is 3.86. The number of rotatable bonds is 4. The molecule has 1 aromatic heterocycles. The summed E-state index contributed by atoms with van der Waals surface area (Å²) in [6.07, 6.45) is 4.33. The number of hydrogen-bond acceptors (Lipinski definition) is 4. The third-order valence-electron chi connectivity index (χ3n) is 4.12. The van der Waals surface area contributed by atoms with Crippen LogP contribution in [0.4, 0.5) is 0 Å². The maximum absolute atomic E-state index is 12.6. The van der Waals surface area contributed by atoms with Crippen LogP contribution in [0.3, 0.4) is 0 Å². The van der Waals surface area contributed by atoms with Crippen molar-refractivity contribution in [3.8, 4) is 0 Å². The number of piperidine rings is 1. The molecule has 0 bridgehead atoms. The normalized spacial score (nSPS) is 18.4. The average Bonchev–Trinajstić information content (AvgIpc) is 3.00. The Labute approximate surface area is 130 Å². The van der Waals surface area contributed by atoms with E-state index in [1.165, 1.54) is 5.56 Å². The van der Waals surface area contributed by atoms with Gasteiger partial charge in [-0.2, -0.15) is 4.98 Å². The standard InChI is InChI=1S/C17H21N3O2/c1-13-18-17(22-19-13)15-9-5-6-12-20(15)16(21)11-10-14-7-3-2-4-8-14/h2-4,7-8,15H,5-6,9-12H2,1H3/t15-/m0/s1. The van der Waals surface area contributed by atoms with Gasteiger partial charge in [-0.05, 0) is 38.2 Å². The van der Waals surface area contributed by atoms with Crippen LogP contribution in [0.5, 0.6) is 0 Å². The van der Waals surface area contributed by atoms with Gasteiger partial charge in [-0.25, -0.2) is 0 Å². The molecule has 0 N–H and O–H groups in total. The summed E-state index contributed by atoms with van der Waals surface area (Å²) in [5.41, 5.74) is 1.19. The van der Waals surface area contributed by atoms with E-state index in [0.29, 0.717) is 18.1 Å². The first-order valence-electron chi connectivity index (χ1n) is 7.87. The lowest BCUT2D eigenvalue weighted by Crippen LogP contribution is -2.38. The highest BCUT2D eigenvalue weighted by Crippen LogP contribution is 2.30. The molecule has 3 rings (SSSR count). The summed E-state index contributed by atoms with van der Waals surface area (Å²) in [6.45, 7) is 2.58. The van der Waals surface area contributed by atoms with E-state index in [2.05, 4.69) is 22.3 Å². The third-order valence-corrected chi connectivity index (χ3v) is 4.12. The summed E-state index contributed by atoms with van der Waals surface area (Å²) in [7, 11) is 0. The zero-order valence-corrected chi connectivity index (χ0v) is 12.9. The Morgan fingerprint density at radius 3 is 2.86 bits per heavy atom. The Bertz CT molecular complexity index is 624. The van der Waals surface area contributed by atoms with Gasteiger partial charge >= 0.3 is 0 Å². The lowest BCUT2D eigenvalue weighted by Gasteiger charge is -2.33. The second-order valence-corrected chi connectivity index (χ2v) is 5.76. The van der Waals surface area contributed by atoms with Gasteiger partial charge < -0.3 is 9.42 Å². The molecule has 1 aliphatic heterocycles. The maximum atomic E-state index is 12.6. The van der Waals surface area contributed by atoms with Gasteiger partial charge in [-0.3, -0.25) is 4.79 Å². The van der Waals surface area contributed by atoms with Crippen LogP contribution < -0.4 is 0 Å². The molecule has 0 aliphatic carbocycles. The lowest BCUT2D eigenvalue weighted by molar-refractivity contribution is -0.135. The van der Waals surface area contributed by atoms with Crippen LogP contribution in [0.2, 0.25) is 0 Å². The second-order valence-electron chi connectivity index (χ2n) is 5.76. The zero-order valence-electron chi connectivity index (χ0n) is 12.9. The predicted octanol–water partition coefficient (Wildman–Crippen LogP) is 3.06. The van der Waals surface area contributed by atoms with E-state index in [4.69, 9.17) is 4.52 Å². The minimum atomic E-state index is -0.0572. The highest BCUT2D eigenvalue weighted by atomic mass is 16.5. The van der Waals surface area contributed by atoms with Crippen molar-refractivity contribution in [2.24, 2.45) is 0 Å². The number of aryl methyl sites for hydroxylation is 2. The van der Waals surface area contributed by atoms with Crippen molar-refractivity contribution in [1.82, 2.24) is 15.0 Å². The molecule has 1 aromatic carbocycles. The number of carbonyl (C=O) groups excluding carboxylic acids is 1. The Morgan fingerprint density at radius 1 is 1.32 bits per heavy atom. The SMILES string of the molecule is Cc1noc([C@@H]2CCCCN2C(=O)CCc2ccccc2)n1. The Kier molecular flexibility index (Phi) is 4.51. The third kappa shape index (κ3) is 3.35. The number of hydrogen-bond donors (Lipinski definition) is 0. The zero-order chi connectivity index (χ0) is 15.4. The van der Waals surface area contributed by atoms with E-state index >= 15 is 0 Å². The molecule has 1 fully saturated rings. The highest BCUT2D eigenvalue weighted by molar-refractivity contribution is 5.77. The van der Waals surface area contributed by atoms with Crippen LogP contribution in [0.15, 0.2) is 34.9 Å². The quantitative estimate of drug-likeness (QED) is 0.870. The molecule has 5 nitrogen and oxygen atoms in total. The number of aromatic nitrogens is 2. The summed E-state index contributed by atoms with van der Waals surface area (Å²) in [4.78, 5) is 18.8. The monoisotopic (exact) mass is 299 g/mol. The number of carbonyl (C=O) groups is 1. The van der Waals surface area contributed by atoms with E-state index in [9.17, 15) is 4.79 Å². The Hall–Kier alpha value is -2.17. The fourth-order valence-electron chi connectivity index (χ4n) is 2.97. The first-order valence-corrected chi connectivity index (χ1v) is 7.87. The van der Waals surface area contributed by atoms with Crippen molar-refractivity contribution in [2.75, 3.05) is 6.54 Å². The second kappa shape index (κ2) is 6.73. The fourth-order valence-corrected chi connectivity index (χ4v) is 2.97. The van der Waals surface area contributed by atoms with Gasteiger partial charge in [0.2, 0.25) is 11.8 Å². The molecule has 2 aromatic rings. The van der Waals surface area contributed by atoms with Crippen molar-refractivity contribution >= 4 is 5.91 Å². The van der Waals surface area contributed by atoms with Gasteiger partial charge in [0.25, 0.3) is 0 Å². The number of likely N-dealkylation sites (tertiary alicyclic amines) is 1. The van der Waals surface area contributed by atoms with Crippen molar-refractivity contribution in [3.63, 3.8) is 0 Å². The molecule has 0 unspecified atom stereocenters. The molecule has 2 heterocycles. The van der Waals surface area contributed by atoms with E-state index < -0.39 is 0 Å². The molecule has 0 spiro atoms. The summed E-state index contributed by atoms with van der Waals surface area (Å²) >= 11 is 0. The van der Waals surface area contributed by atoms with E-state index in [1.54, 1.807) is 6.92 Å². The summed E-state index contributed by atoms with van der Waals surface area (Å²) in [5.74, 6) is 1.37. The highest BCUT2D eigenvalue weighted by Gasteiger charge is 2.31. The van der Waals surface area contributed by atoms with E-state index in [1.807, 2.05) is 23.1 Å². The van der Waals surface area contributed by atoms with Crippen LogP contribution >= 0.6 is 0 Å². The van der Waals surface area contributed by atoms with Crippen LogP contribution in [-0.4, -0.2) is 27.5 Å². The van der Waals surface area contributed by atoms with E-state index in [-0.39, 0.29) is 11.9 Å². The van der Waals surface area contributed by atoms with Gasteiger partial charge in [0.15, 0.2) is 5.82 Å². The molecular weight excluding hydrogens is 278 g/mol. The number of benzene rings is 1. The molecule has 0 radical (unpaired) electrons. The van der Waals surface area contributed by atoms with Crippen LogP contribution in [0.1, 0.15) is 49.0 Å². The molecule has 1 atom stereocenters. The van der Waals surface area contributed by atoms with Gasteiger partial charge in [0, 0.05) is 13.0 Å². The minimum absolute atomic E-state index is 0.0572. The number of amides is 1. The van der Waals surface area contributed by atoms with Crippen molar-refractivity contribution in [3.05, 3.63) is 47.6 Å². The summed E-state index contributed by atoms with van der Waals surface area (Å²) in [6, 6.07) is 10.1. The molecule has 1 amide bonds. The lowest BCUT2D eigenvalue weighted by atomic mass is 10.0. The van der Waals surface area contributed by atoms with Crippen LogP contribution in [0, 0.1) is 6.92 Å². The summed E-state index contributed by atoms with van der Waals surface area (Å²) < 4.78 is 5.29. The topological polar surface area (TPSA) is 59.2 Å². The van der Waals surface area contributed by atoms with Gasteiger partial charge in [0.05, 0.1) is 0 Å². The van der Waals surface area contributed by atoms with Gasteiger partial charge in [-0.15, -0.1) is 0 Å². The minimum Gasteiger partial charge on any atom is -0.337 e. The first kappa shape index (κ1) is 14.8. The fraction of sp³-hybridized carbons (Fsp3) is 0.471. The average molecular weight is 299 g/mol. The Balaban J connectivity index is 1.66. The largest absolute Gasteiger partial charge is 0.337 e. The molecule has 1 aliphatic rings. The van der Waals surface area contributed by atoms with Crippen molar-refractivity contribution in [1.29, 1.82) is 0 Å². The predicted molar refractivity (Wildman–Crippen MR) is 82.1 cm³/mol. The van der Waals surface area contributed by atoms with Crippen molar-refractivity contribution < 1.29 is 9.32 Å². The number of nitrogens with zero attached hydrogens (tertiary/aromatic N) is 3. The molecule has 22 heavy (non-hydrogen) atoms. The van der Waals surface area contributed by atoms with Crippen LogP contribution in [-0.2, 0) is 11.2 Å². The molecule has 5 heteroatoms. The van der Waals surface area contributed by atoms with Crippen LogP contribution in [0.25, 0.3) is 0 Å². The molecular formula is C17H21N3O2. The smallest absolute Gasteiger partial charge is 0.249 e. The Morgan fingerprint density at radius 2 is 2.14 bits per heavy atom. The first-order chi connectivity index (χ1) is 10.7. The molecule has 116 valence electrons. The molecule has 1 saturated heterocycles. The van der Waals surface area contributed by atoms with Gasteiger partial charge in [0.1, 0.15) is 6.04 Å². The molecule has 0 saturated carbocycles.